The van der Waals surface area contributed by atoms with Crippen molar-refractivity contribution in [1.29, 1.82) is 0 Å². The van der Waals surface area contributed by atoms with E-state index in [1.165, 1.54) is 105 Å². The van der Waals surface area contributed by atoms with Crippen LogP contribution in [-0.4, -0.2) is 9.13 Å². The highest BCUT2D eigenvalue weighted by Crippen LogP contribution is 2.65. The predicted octanol–water partition coefficient (Wildman–Crippen LogP) is 20.7. The van der Waals surface area contributed by atoms with Gasteiger partial charge in [-0.2, -0.15) is 0 Å². The van der Waals surface area contributed by atoms with Crippen molar-refractivity contribution >= 4 is 60.7 Å². The maximum atomic E-state index is 2.55. The Morgan fingerprint density at radius 1 is 0.256 bits per heavy atom. The summed E-state index contributed by atoms with van der Waals surface area (Å²) in [7, 11) is 0. The molecule has 17 rings (SSSR count). The van der Waals surface area contributed by atoms with E-state index in [2.05, 4.69) is 323 Å². The van der Waals surface area contributed by atoms with Crippen molar-refractivity contribution in [3.63, 3.8) is 0 Å². The summed E-state index contributed by atoms with van der Waals surface area (Å²) < 4.78 is 4.87. The average molecular weight is 1040 g/mol. The summed E-state index contributed by atoms with van der Waals surface area (Å²) in [6.07, 6.45) is 0. The van der Waals surface area contributed by atoms with Crippen LogP contribution in [0, 0.1) is 0 Å². The highest BCUT2D eigenvalue weighted by molar-refractivity contribution is 6.18. The Morgan fingerprint density at radius 3 is 1.39 bits per heavy atom. The second-order valence-corrected chi connectivity index (χ2v) is 21.9. The van der Waals surface area contributed by atoms with E-state index >= 15 is 0 Å². The number of fused-ring (bicyclic) bond motifs is 16. The van der Waals surface area contributed by atoms with Crippen molar-refractivity contribution in [2.75, 3.05) is 4.90 Å². The van der Waals surface area contributed by atoms with Crippen LogP contribution in [0.3, 0.4) is 0 Å². The molecule has 2 aliphatic rings. The van der Waals surface area contributed by atoms with Gasteiger partial charge >= 0.3 is 0 Å². The van der Waals surface area contributed by atoms with Crippen molar-refractivity contribution in [2.24, 2.45) is 0 Å². The molecular weight excluding hydrogens is 991 g/mol. The van der Waals surface area contributed by atoms with Crippen LogP contribution in [0.2, 0.25) is 0 Å². The Kier molecular flexibility index (Phi) is 10.2. The van der Waals surface area contributed by atoms with Crippen LogP contribution in [0.25, 0.3) is 111 Å². The summed E-state index contributed by atoms with van der Waals surface area (Å²) in [5.74, 6) is 0. The molecule has 0 fully saturated rings. The molecule has 1 spiro atoms. The second kappa shape index (κ2) is 18.2. The summed E-state index contributed by atoms with van der Waals surface area (Å²) in [5.41, 5.74) is 27.4. The van der Waals surface area contributed by atoms with E-state index in [0.717, 1.165) is 45.1 Å². The zero-order valence-electron chi connectivity index (χ0n) is 44.8. The molecule has 0 atom stereocenters. The van der Waals surface area contributed by atoms with Crippen molar-refractivity contribution in [3.05, 3.63) is 332 Å². The Labute approximate surface area is 476 Å². The molecule has 0 unspecified atom stereocenters. The van der Waals surface area contributed by atoms with Crippen molar-refractivity contribution in [2.45, 2.75) is 5.41 Å². The third-order valence-electron chi connectivity index (χ3n) is 17.8. The van der Waals surface area contributed by atoms with E-state index < -0.39 is 5.41 Å². The first-order valence-electron chi connectivity index (χ1n) is 28.4. The summed E-state index contributed by atoms with van der Waals surface area (Å²) >= 11 is 0. The minimum absolute atomic E-state index is 0.484. The smallest absolute Gasteiger partial charge is 0.0726 e. The molecular formula is C79H51N3. The molecule has 3 heteroatoms. The number of nitrogens with zero attached hydrogens (tertiary/aromatic N) is 3. The molecule has 3 nitrogen and oxygen atoms in total. The first kappa shape index (κ1) is 46.2. The molecule has 0 saturated carbocycles. The van der Waals surface area contributed by atoms with Gasteiger partial charge in [-0.05, 0) is 133 Å². The van der Waals surface area contributed by atoms with Gasteiger partial charge in [0, 0.05) is 49.7 Å². The molecule has 0 amide bonds. The van der Waals surface area contributed by atoms with Crippen LogP contribution in [0.1, 0.15) is 22.3 Å². The van der Waals surface area contributed by atoms with Gasteiger partial charge in [0.15, 0.2) is 0 Å². The first-order chi connectivity index (χ1) is 40.7. The van der Waals surface area contributed by atoms with Gasteiger partial charge in [0.25, 0.3) is 0 Å². The Hall–Kier alpha value is -10.7. The third kappa shape index (κ3) is 6.65. The van der Waals surface area contributed by atoms with Gasteiger partial charge in [0.1, 0.15) is 0 Å². The number of anilines is 3. The third-order valence-corrected chi connectivity index (χ3v) is 17.8. The highest BCUT2D eigenvalue weighted by atomic mass is 15.2. The van der Waals surface area contributed by atoms with Crippen molar-refractivity contribution < 1.29 is 0 Å². The van der Waals surface area contributed by atoms with Crippen molar-refractivity contribution in [1.82, 2.24) is 9.13 Å². The lowest BCUT2D eigenvalue weighted by Crippen LogP contribution is -2.26. The fourth-order valence-corrected chi connectivity index (χ4v) is 14.4. The standard InChI is InChI=1S/C79H51N3/c1-3-20-52(21-4-1)54-46-50-59(51-47-54)82-71-35-15-10-26-63(71)64-30-17-29-60(78(64)82)56-42-40-53(41-43-56)55-44-48-58(49-45-55)81(75-39-19-38-74-77(75)66-28-11-16-36-72(66)80(74)57-22-5-2-6-23-57)73-37-18-34-70-76(73)65-27-9-14-33-69(65)79(70)67-31-12-7-24-61(67)62-25-8-13-32-68(62)79/h1-51H. The molecule has 82 heavy (non-hydrogen) atoms. The molecule has 15 aromatic rings. The average Bonchev–Trinajstić information content (AvgIpc) is 1.70. The molecule has 2 heterocycles. The van der Waals surface area contributed by atoms with Crippen LogP contribution in [0.15, 0.2) is 309 Å². The molecule has 2 aromatic heterocycles. The monoisotopic (exact) mass is 1040 g/mol. The fourth-order valence-electron chi connectivity index (χ4n) is 14.4. The zero-order valence-corrected chi connectivity index (χ0v) is 44.8. The van der Waals surface area contributed by atoms with Gasteiger partial charge < -0.3 is 14.0 Å². The summed E-state index contributed by atoms with van der Waals surface area (Å²) in [4.78, 5) is 2.55. The molecule has 0 aliphatic heterocycles. The minimum atomic E-state index is -0.484. The molecule has 0 saturated heterocycles. The second-order valence-electron chi connectivity index (χ2n) is 21.9. The molecule has 0 radical (unpaired) electrons. The van der Waals surface area contributed by atoms with E-state index in [0.29, 0.717) is 0 Å². The van der Waals surface area contributed by atoms with Gasteiger partial charge in [-0.3, -0.25) is 0 Å². The van der Waals surface area contributed by atoms with Gasteiger partial charge in [-0.25, -0.2) is 0 Å². The number of hydrogen-bond acceptors (Lipinski definition) is 1. The number of benzene rings is 13. The Morgan fingerprint density at radius 2 is 0.695 bits per heavy atom. The lowest BCUT2D eigenvalue weighted by molar-refractivity contribution is 0.794. The van der Waals surface area contributed by atoms with Gasteiger partial charge in [-0.15, -0.1) is 0 Å². The van der Waals surface area contributed by atoms with E-state index in [4.69, 9.17) is 0 Å². The molecule has 2 aliphatic carbocycles. The van der Waals surface area contributed by atoms with E-state index in [-0.39, 0.29) is 0 Å². The fraction of sp³-hybridized carbons (Fsp3) is 0.0127. The number of hydrogen-bond donors (Lipinski definition) is 0. The van der Waals surface area contributed by atoms with E-state index in [9.17, 15) is 0 Å². The lowest BCUT2D eigenvalue weighted by Gasteiger charge is -2.32. The van der Waals surface area contributed by atoms with Crippen LogP contribution in [0.4, 0.5) is 17.1 Å². The largest absolute Gasteiger partial charge is 0.309 e. The predicted molar refractivity (Wildman–Crippen MR) is 342 cm³/mol. The van der Waals surface area contributed by atoms with E-state index in [1.807, 2.05) is 0 Å². The summed E-state index contributed by atoms with van der Waals surface area (Å²) in [6.45, 7) is 0. The summed E-state index contributed by atoms with van der Waals surface area (Å²) in [5, 5.41) is 4.90. The number of aromatic nitrogens is 2. The normalized spacial score (nSPS) is 12.7. The SMILES string of the molecule is c1ccc(-c2ccc(-n3c4ccccc4c4cccc(-c5ccc(-c6ccc(N(c7cccc8c7-c7ccccc7C87c8ccccc8-c8ccccc87)c7cccc8c7c7ccccc7n8-c7ccccc7)cc6)cc5)c43)cc2)cc1. The zero-order chi connectivity index (χ0) is 53.9. The highest BCUT2D eigenvalue weighted by Gasteiger charge is 2.52. The van der Waals surface area contributed by atoms with Crippen LogP contribution in [0.5, 0.6) is 0 Å². The van der Waals surface area contributed by atoms with E-state index in [1.54, 1.807) is 0 Å². The molecule has 0 bridgehead atoms. The van der Waals surface area contributed by atoms with Crippen LogP contribution < -0.4 is 4.90 Å². The van der Waals surface area contributed by atoms with Gasteiger partial charge in [0.2, 0.25) is 0 Å². The first-order valence-corrected chi connectivity index (χ1v) is 28.4. The summed E-state index contributed by atoms with van der Waals surface area (Å²) in [6, 6.07) is 115. The van der Waals surface area contributed by atoms with Crippen LogP contribution >= 0.6 is 0 Å². The quantitative estimate of drug-likeness (QED) is 0.148. The van der Waals surface area contributed by atoms with Gasteiger partial charge in [0.05, 0.1) is 38.9 Å². The molecule has 382 valence electrons. The Bertz CT molecular complexity index is 4960. The van der Waals surface area contributed by atoms with Crippen molar-refractivity contribution in [3.8, 4) is 67.0 Å². The number of rotatable bonds is 8. The number of para-hydroxylation sites is 4. The molecule has 13 aromatic carbocycles. The Balaban J connectivity index is 0.825. The lowest BCUT2D eigenvalue weighted by atomic mass is 9.70. The molecule has 0 N–H and O–H groups in total. The van der Waals surface area contributed by atoms with Crippen LogP contribution in [-0.2, 0) is 5.41 Å². The maximum absolute atomic E-state index is 2.55. The minimum Gasteiger partial charge on any atom is -0.309 e. The maximum Gasteiger partial charge on any atom is 0.0726 e. The van der Waals surface area contributed by atoms with Gasteiger partial charge in [-0.1, -0.05) is 243 Å². The topological polar surface area (TPSA) is 13.1 Å².